The van der Waals surface area contributed by atoms with E-state index in [4.69, 9.17) is 0 Å². The standard InChI is InChI=1S/C13H9F4NOS/c14-9-6-8(10(15)12(17)11(9)16)13(19)18-4-3-7-2-1-5-20-7/h1-2,5-6H,3-4H2,(H,18,19). The second-order valence-electron chi connectivity index (χ2n) is 3.93. The molecule has 7 heteroatoms. The van der Waals surface area contributed by atoms with E-state index >= 15 is 0 Å². The Morgan fingerprint density at radius 2 is 1.90 bits per heavy atom. The van der Waals surface area contributed by atoms with Gasteiger partial charge in [-0.05, 0) is 23.9 Å². The molecule has 20 heavy (non-hydrogen) atoms. The Hall–Kier alpha value is -1.89. The third-order valence-corrected chi connectivity index (χ3v) is 3.52. The molecule has 0 saturated heterocycles. The van der Waals surface area contributed by atoms with Crippen LogP contribution in [-0.4, -0.2) is 12.5 Å². The van der Waals surface area contributed by atoms with Crippen molar-refractivity contribution in [1.29, 1.82) is 0 Å². The summed E-state index contributed by atoms with van der Waals surface area (Å²) in [6.45, 7) is 0.180. The summed E-state index contributed by atoms with van der Waals surface area (Å²) in [6, 6.07) is 4.04. The Morgan fingerprint density at radius 1 is 1.15 bits per heavy atom. The van der Waals surface area contributed by atoms with E-state index in [0.717, 1.165) is 4.88 Å². The second-order valence-corrected chi connectivity index (χ2v) is 4.97. The highest BCUT2D eigenvalue weighted by atomic mass is 32.1. The lowest BCUT2D eigenvalue weighted by atomic mass is 10.1. The monoisotopic (exact) mass is 303 g/mol. The van der Waals surface area contributed by atoms with Gasteiger partial charge in [0.1, 0.15) is 0 Å². The van der Waals surface area contributed by atoms with Crippen molar-refractivity contribution < 1.29 is 22.4 Å². The van der Waals surface area contributed by atoms with Crippen LogP contribution < -0.4 is 5.32 Å². The summed E-state index contributed by atoms with van der Waals surface area (Å²) in [5.41, 5.74) is -0.854. The Balaban J connectivity index is 2.06. The van der Waals surface area contributed by atoms with Crippen LogP contribution in [0.15, 0.2) is 23.6 Å². The molecule has 0 unspecified atom stereocenters. The number of rotatable bonds is 4. The van der Waals surface area contributed by atoms with Crippen LogP contribution in [0.25, 0.3) is 0 Å². The molecule has 0 bridgehead atoms. The molecule has 1 aromatic carbocycles. The maximum Gasteiger partial charge on any atom is 0.254 e. The van der Waals surface area contributed by atoms with Gasteiger partial charge in [-0.3, -0.25) is 4.79 Å². The van der Waals surface area contributed by atoms with E-state index in [-0.39, 0.29) is 6.54 Å². The predicted octanol–water partition coefficient (Wildman–Crippen LogP) is 3.28. The normalized spacial score (nSPS) is 10.6. The highest BCUT2D eigenvalue weighted by Gasteiger charge is 2.22. The van der Waals surface area contributed by atoms with Crippen LogP contribution >= 0.6 is 11.3 Å². The minimum absolute atomic E-state index is 0.180. The number of hydrogen-bond acceptors (Lipinski definition) is 2. The van der Waals surface area contributed by atoms with Gasteiger partial charge in [0.2, 0.25) is 0 Å². The molecule has 0 spiro atoms. The number of carbonyl (C=O) groups excluding carboxylic acids is 1. The Bertz CT molecular complexity index is 628. The van der Waals surface area contributed by atoms with E-state index in [1.807, 2.05) is 17.5 Å². The van der Waals surface area contributed by atoms with Gasteiger partial charge in [0.25, 0.3) is 5.91 Å². The van der Waals surface area contributed by atoms with Crippen LogP contribution in [0.2, 0.25) is 0 Å². The van der Waals surface area contributed by atoms with Crippen molar-refractivity contribution in [2.45, 2.75) is 6.42 Å². The number of halogens is 4. The first-order chi connectivity index (χ1) is 9.50. The summed E-state index contributed by atoms with van der Waals surface area (Å²) in [5, 5.41) is 4.19. The average Bonchev–Trinajstić information content (AvgIpc) is 2.93. The van der Waals surface area contributed by atoms with Crippen molar-refractivity contribution in [2.75, 3.05) is 6.54 Å². The molecule has 2 rings (SSSR count). The number of benzene rings is 1. The fourth-order valence-corrected chi connectivity index (χ4v) is 2.30. The first-order valence-corrected chi connectivity index (χ1v) is 6.52. The van der Waals surface area contributed by atoms with E-state index in [2.05, 4.69) is 5.32 Å². The highest BCUT2D eigenvalue weighted by Crippen LogP contribution is 2.18. The summed E-state index contributed by atoms with van der Waals surface area (Å²) < 4.78 is 52.1. The number of thiophene rings is 1. The summed E-state index contributed by atoms with van der Waals surface area (Å²) in [4.78, 5) is 12.6. The van der Waals surface area contributed by atoms with Crippen molar-refractivity contribution in [3.63, 3.8) is 0 Å². The van der Waals surface area contributed by atoms with Crippen LogP contribution in [0.1, 0.15) is 15.2 Å². The molecule has 0 saturated carbocycles. The molecule has 1 aromatic heterocycles. The topological polar surface area (TPSA) is 29.1 Å². The molecule has 1 amide bonds. The number of nitrogens with one attached hydrogen (secondary N) is 1. The summed E-state index contributed by atoms with van der Waals surface area (Å²) in [6.07, 6.45) is 0.511. The molecule has 0 aliphatic rings. The van der Waals surface area contributed by atoms with Gasteiger partial charge in [-0.1, -0.05) is 6.07 Å². The van der Waals surface area contributed by atoms with E-state index in [9.17, 15) is 22.4 Å². The predicted molar refractivity (Wildman–Crippen MR) is 66.6 cm³/mol. The molecule has 0 fully saturated rings. The van der Waals surface area contributed by atoms with Crippen LogP contribution in [-0.2, 0) is 6.42 Å². The second kappa shape index (κ2) is 6.04. The van der Waals surface area contributed by atoms with E-state index in [0.29, 0.717) is 12.5 Å². The zero-order chi connectivity index (χ0) is 14.7. The fraction of sp³-hybridized carbons (Fsp3) is 0.154. The minimum Gasteiger partial charge on any atom is -0.352 e. The Kier molecular flexibility index (Phi) is 4.39. The molecule has 2 aromatic rings. The average molecular weight is 303 g/mol. The van der Waals surface area contributed by atoms with Gasteiger partial charge in [-0.25, -0.2) is 17.6 Å². The molecule has 0 aliphatic heterocycles. The maximum absolute atomic E-state index is 13.4. The van der Waals surface area contributed by atoms with Gasteiger partial charge >= 0.3 is 0 Å². The fourth-order valence-electron chi connectivity index (χ4n) is 1.59. The summed E-state index contributed by atoms with van der Waals surface area (Å²) in [5.74, 6) is -8.22. The molecule has 0 aliphatic carbocycles. The number of amides is 1. The third kappa shape index (κ3) is 2.98. The number of hydrogen-bond donors (Lipinski definition) is 1. The zero-order valence-corrected chi connectivity index (χ0v) is 10.9. The molecule has 0 radical (unpaired) electrons. The Morgan fingerprint density at radius 3 is 2.55 bits per heavy atom. The van der Waals surface area contributed by atoms with Crippen LogP contribution in [0, 0.1) is 23.3 Å². The summed E-state index contributed by atoms with van der Waals surface area (Å²) >= 11 is 1.49. The van der Waals surface area contributed by atoms with Gasteiger partial charge < -0.3 is 5.32 Å². The third-order valence-electron chi connectivity index (χ3n) is 2.58. The van der Waals surface area contributed by atoms with Crippen LogP contribution in [0.5, 0.6) is 0 Å². The molecule has 2 nitrogen and oxygen atoms in total. The SMILES string of the molecule is O=C(NCCc1cccs1)c1cc(F)c(F)c(F)c1F. The minimum atomic E-state index is -1.99. The van der Waals surface area contributed by atoms with Crippen LogP contribution in [0.4, 0.5) is 17.6 Å². The smallest absolute Gasteiger partial charge is 0.254 e. The Labute approximate surface area is 116 Å². The molecular weight excluding hydrogens is 294 g/mol. The molecule has 1 heterocycles. The van der Waals surface area contributed by atoms with E-state index in [1.54, 1.807) is 0 Å². The van der Waals surface area contributed by atoms with Gasteiger partial charge in [0, 0.05) is 11.4 Å². The van der Waals surface area contributed by atoms with Crippen LogP contribution in [0.3, 0.4) is 0 Å². The maximum atomic E-state index is 13.4. The molecule has 0 atom stereocenters. The largest absolute Gasteiger partial charge is 0.352 e. The van der Waals surface area contributed by atoms with Gasteiger partial charge in [-0.2, -0.15) is 0 Å². The van der Waals surface area contributed by atoms with Gasteiger partial charge in [0.05, 0.1) is 5.56 Å². The van der Waals surface area contributed by atoms with Gasteiger partial charge in [0.15, 0.2) is 23.3 Å². The summed E-state index contributed by atoms with van der Waals surface area (Å²) in [7, 11) is 0. The lowest BCUT2D eigenvalue weighted by Crippen LogP contribution is -2.27. The van der Waals surface area contributed by atoms with Gasteiger partial charge in [-0.15, -0.1) is 11.3 Å². The van der Waals surface area contributed by atoms with Crippen molar-refractivity contribution >= 4 is 17.2 Å². The highest BCUT2D eigenvalue weighted by molar-refractivity contribution is 7.09. The first-order valence-electron chi connectivity index (χ1n) is 5.64. The number of carbonyl (C=O) groups is 1. The van der Waals surface area contributed by atoms with E-state index < -0.39 is 34.7 Å². The first kappa shape index (κ1) is 14.5. The molecular formula is C13H9F4NOS. The zero-order valence-electron chi connectivity index (χ0n) is 10.1. The van der Waals surface area contributed by atoms with Crippen molar-refractivity contribution in [2.24, 2.45) is 0 Å². The van der Waals surface area contributed by atoms with E-state index in [1.165, 1.54) is 11.3 Å². The lowest BCUT2D eigenvalue weighted by Gasteiger charge is -2.07. The lowest BCUT2D eigenvalue weighted by molar-refractivity contribution is 0.0948. The van der Waals surface area contributed by atoms with Crippen molar-refractivity contribution in [3.8, 4) is 0 Å². The molecule has 1 N–H and O–H groups in total. The van der Waals surface area contributed by atoms with Crippen molar-refractivity contribution in [3.05, 3.63) is 57.3 Å². The van der Waals surface area contributed by atoms with Crippen molar-refractivity contribution in [1.82, 2.24) is 5.32 Å². The quantitative estimate of drug-likeness (QED) is 0.524. The molecule has 106 valence electrons.